The van der Waals surface area contributed by atoms with Crippen LogP contribution in [0.2, 0.25) is 0 Å². The van der Waals surface area contributed by atoms with E-state index in [4.69, 9.17) is 23.7 Å². The van der Waals surface area contributed by atoms with Gasteiger partial charge in [-0.15, -0.1) is 0 Å². The summed E-state index contributed by atoms with van der Waals surface area (Å²) in [5, 5.41) is 87.3. The molecule has 0 spiro atoms. The summed E-state index contributed by atoms with van der Waals surface area (Å²) in [4.78, 5) is 82.8. The molecule has 8 aliphatic carbocycles. The third-order valence-corrected chi connectivity index (χ3v) is 29.0. The highest BCUT2D eigenvalue weighted by Gasteiger charge is 2.43. The van der Waals surface area contributed by atoms with Gasteiger partial charge in [-0.25, -0.2) is 4.79 Å². The van der Waals surface area contributed by atoms with Crippen molar-refractivity contribution in [2.75, 3.05) is 46.2 Å². The molecule has 0 radical (unpaired) electrons. The fourth-order valence-electron chi connectivity index (χ4n) is 19.8. The van der Waals surface area contributed by atoms with Crippen LogP contribution in [0, 0.1) is 11.8 Å². The van der Waals surface area contributed by atoms with Crippen molar-refractivity contribution in [1.82, 2.24) is 37.2 Å². The lowest BCUT2D eigenvalue weighted by atomic mass is 9.93. The number of ether oxygens (including phenoxy) is 5. The van der Waals surface area contributed by atoms with Crippen LogP contribution in [-0.4, -0.2) is 209 Å². The number of amides is 7. The Labute approximate surface area is 882 Å². The monoisotopic (exact) mass is 2050 g/mol. The number of para-hydroxylation sites is 1. The van der Waals surface area contributed by atoms with Crippen LogP contribution in [0.4, 0.5) is 4.79 Å². The Bertz CT molecular complexity index is 3950. The van der Waals surface area contributed by atoms with Gasteiger partial charge in [-0.05, 0) is 334 Å². The largest absolute Gasteiger partial charge is 0.494 e. The van der Waals surface area contributed by atoms with E-state index in [9.17, 15) is 69.3 Å². The summed E-state index contributed by atoms with van der Waals surface area (Å²) < 4.78 is 27.3. The first-order valence-electron chi connectivity index (χ1n) is 56.3. The van der Waals surface area contributed by atoms with E-state index in [-0.39, 0.29) is 133 Å². The molecule has 15 rings (SSSR count). The van der Waals surface area contributed by atoms with E-state index in [2.05, 4.69) is 128 Å². The van der Waals surface area contributed by atoms with Crippen LogP contribution < -0.4 is 42.0 Å². The molecule has 14 N–H and O–H groups in total. The van der Waals surface area contributed by atoms with Gasteiger partial charge in [0.15, 0.2) is 0 Å². The van der Waals surface area contributed by atoms with Crippen molar-refractivity contribution in [3.05, 3.63) is 246 Å². The van der Waals surface area contributed by atoms with Gasteiger partial charge in [0.2, 0.25) is 35.4 Å². The summed E-state index contributed by atoms with van der Waals surface area (Å²) in [5.41, 5.74) is 7.80. The van der Waals surface area contributed by atoms with Gasteiger partial charge >= 0.3 is 6.09 Å². The number of alkyl carbamates (subject to hydrolysis) is 1. The van der Waals surface area contributed by atoms with Crippen LogP contribution in [-0.2, 0) is 86.4 Å². The summed E-state index contributed by atoms with van der Waals surface area (Å²) in [5.74, 6) is 2.38. The molecule has 0 heterocycles. The molecule has 8 fully saturated rings. The minimum atomic E-state index is -0.323. The molecule has 2 unspecified atom stereocenters. The molecular formula is C122H179N7O19. The second-order valence-corrected chi connectivity index (χ2v) is 41.6. The van der Waals surface area contributed by atoms with E-state index in [0.29, 0.717) is 83.9 Å². The van der Waals surface area contributed by atoms with Gasteiger partial charge in [0.1, 0.15) is 12.4 Å². The summed E-state index contributed by atoms with van der Waals surface area (Å²) in [7, 11) is 0. The smallest absolute Gasteiger partial charge is 0.407 e. The zero-order valence-corrected chi connectivity index (χ0v) is 88.3. The number of hydrogen-bond acceptors (Lipinski definition) is 19. The number of benzene rings is 7. The molecule has 7 aromatic rings. The van der Waals surface area contributed by atoms with Crippen LogP contribution >= 0.6 is 0 Å². The van der Waals surface area contributed by atoms with Crippen LogP contribution in [0.1, 0.15) is 316 Å². The third kappa shape index (κ3) is 57.3. The average Bonchev–Trinajstić information content (AvgIpc) is 1.67. The highest BCUT2D eigenvalue weighted by Crippen LogP contribution is 2.43. The molecule has 0 saturated heterocycles. The lowest BCUT2D eigenvalue weighted by molar-refractivity contribution is -0.127. The number of carbonyl (C=O) groups excluding carboxylic acids is 7. The Morgan fingerprint density at radius 3 is 0.946 bits per heavy atom. The second kappa shape index (κ2) is 74.9. The molecule has 7 aromatic carbocycles. The molecule has 8 aliphatic rings. The molecular weight excluding hydrogens is 1870 g/mol. The highest BCUT2D eigenvalue weighted by atomic mass is 16.5. The Hall–Kier alpha value is -9.97. The SMILES string of the molecule is O=C(CCCCCc1ccccc1)NC1CCC(O)CC1.O=C(CCCCOc1ccccc1)NC1CCC(O)CC1.O=C(CCCOCc1ccccc1)NC1CCC(O)CC1.O=C(CCOCCc1ccccc1)NC1CCC(O)CC1.O=C(COCCCc1ccccc1)NC1CCC(O)CC1.O=C(NC1CCC(O)CC1)C1CC1CCCc1ccccc1.O=C(NC1CCC(O)CC1)OCCCCc1ccccc1. The van der Waals surface area contributed by atoms with E-state index in [1.54, 1.807) is 0 Å². The van der Waals surface area contributed by atoms with Gasteiger partial charge in [-0.3, -0.25) is 28.8 Å². The predicted molar refractivity (Wildman–Crippen MR) is 582 cm³/mol. The van der Waals surface area contributed by atoms with Crippen molar-refractivity contribution < 1.29 is 93.0 Å². The molecule has 0 aliphatic heterocycles. The quantitative estimate of drug-likeness (QED) is 0.0158. The number of nitrogens with one attached hydrogen (secondary N) is 7. The van der Waals surface area contributed by atoms with Gasteiger partial charge in [0.25, 0.3) is 0 Å². The maximum atomic E-state index is 12.2. The van der Waals surface area contributed by atoms with Gasteiger partial charge in [-0.1, -0.05) is 207 Å². The molecule has 816 valence electrons. The maximum Gasteiger partial charge on any atom is 0.407 e. The molecule has 148 heavy (non-hydrogen) atoms. The lowest BCUT2D eigenvalue weighted by Crippen LogP contribution is -2.40. The minimum absolute atomic E-state index is 0.0453. The molecule has 26 heteroatoms. The molecule has 2 atom stereocenters. The summed E-state index contributed by atoms with van der Waals surface area (Å²) in [6, 6.07) is 73.3. The first-order chi connectivity index (χ1) is 72.1. The van der Waals surface area contributed by atoms with E-state index in [1.807, 2.05) is 121 Å². The van der Waals surface area contributed by atoms with Gasteiger partial charge < -0.3 is 96.6 Å². The maximum absolute atomic E-state index is 12.2. The van der Waals surface area contributed by atoms with Crippen molar-refractivity contribution in [2.24, 2.45) is 11.8 Å². The predicted octanol–water partition coefficient (Wildman–Crippen LogP) is 18.5. The van der Waals surface area contributed by atoms with Crippen molar-refractivity contribution in [3.8, 4) is 5.75 Å². The van der Waals surface area contributed by atoms with Crippen molar-refractivity contribution >= 4 is 41.5 Å². The minimum Gasteiger partial charge on any atom is -0.494 e. The molecule has 0 aromatic heterocycles. The standard InChI is InChI=1S/C19H27NO2.C18H27NO2.5C17H25NO3/c21-17-11-9-16(10-12-17)20-19(22)18-13-15(18)8-4-7-14-5-2-1-3-6-14;20-17-13-11-16(12-14-17)19-18(21)10-6-2-5-9-15-7-3-1-4-8-15;19-15-11-9-14(10-12-15)18-17(20)8-4-5-13-21-16-6-2-1-3-7-16;19-16-11-9-15(10-12-16)18-17(20)21-13-5-4-8-14-6-2-1-3-7-14;19-16-10-8-15(9-11-16)18-17(20)7-4-12-21-13-14-5-2-1-3-6-14;19-16-10-8-15(9-11-16)18-17(20)13-21-12-4-7-14-5-2-1-3-6-14;19-16-8-6-15(7-9-16)18-17(20)11-13-21-12-10-14-4-2-1-3-5-14/h1-3,5-6,15-18,21H,4,7-13H2,(H,20,22);1,3-4,7-8,16-17,20H,2,5-6,9-14H2,(H,19,21);1-3,6-7,14-15,19H,4-5,8-13H2,(H,18,20);1-3,6-7,15-16,19H,4-5,8-13H2,(H,18,20);2*1-3,5-6,15-16,19H,4,7-13H2,(H,18,20);1-5,15-16,19H,6-13H2,(H,18,20). The first kappa shape index (κ1) is 122. The van der Waals surface area contributed by atoms with Gasteiger partial charge in [-0.2, -0.15) is 0 Å². The normalized spacial score (nSPS) is 23.2. The Balaban J connectivity index is 0.000000192. The third-order valence-electron chi connectivity index (χ3n) is 29.0. The van der Waals surface area contributed by atoms with Crippen molar-refractivity contribution in [2.45, 2.75) is 406 Å². The van der Waals surface area contributed by atoms with E-state index < -0.39 is 0 Å². The highest BCUT2D eigenvalue weighted by molar-refractivity contribution is 5.82. The Kier molecular flexibility index (Phi) is 61.5. The van der Waals surface area contributed by atoms with Crippen LogP contribution in [0.15, 0.2) is 212 Å². The Morgan fingerprint density at radius 1 is 0.243 bits per heavy atom. The van der Waals surface area contributed by atoms with Gasteiger partial charge in [0, 0.05) is 87.1 Å². The molecule has 8 saturated carbocycles. The number of unbranched alkanes of at least 4 members (excludes halogenated alkanes) is 4. The number of carbonyl (C=O) groups is 7. The first-order valence-corrected chi connectivity index (χ1v) is 56.3. The second-order valence-electron chi connectivity index (χ2n) is 41.6. The van der Waals surface area contributed by atoms with E-state index in [1.165, 1.54) is 34.2 Å². The Morgan fingerprint density at radius 2 is 0.547 bits per heavy atom. The molecule has 7 amide bonds. The zero-order chi connectivity index (χ0) is 105. The average molecular weight is 2050 g/mol. The van der Waals surface area contributed by atoms with Crippen LogP contribution in [0.25, 0.3) is 0 Å². The van der Waals surface area contributed by atoms with Crippen LogP contribution in [0.3, 0.4) is 0 Å². The van der Waals surface area contributed by atoms with E-state index in [0.717, 1.165) is 294 Å². The fraction of sp³-hybridized carbons (Fsp3) is 0.598. The van der Waals surface area contributed by atoms with Crippen LogP contribution in [0.5, 0.6) is 5.75 Å². The number of hydrogen-bond donors (Lipinski definition) is 14. The molecule has 26 nitrogen and oxygen atoms in total. The zero-order valence-electron chi connectivity index (χ0n) is 88.3. The van der Waals surface area contributed by atoms with Crippen molar-refractivity contribution in [3.63, 3.8) is 0 Å². The van der Waals surface area contributed by atoms with Gasteiger partial charge in [0.05, 0.1) is 75.8 Å². The molecule has 0 bridgehead atoms. The summed E-state index contributed by atoms with van der Waals surface area (Å²) in [6.07, 6.45) is 41.1. The number of rotatable bonds is 47. The summed E-state index contributed by atoms with van der Waals surface area (Å²) in [6.45, 7) is 4.16. The van der Waals surface area contributed by atoms with E-state index >= 15 is 0 Å². The van der Waals surface area contributed by atoms with Crippen molar-refractivity contribution in [1.29, 1.82) is 0 Å². The fourth-order valence-corrected chi connectivity index (χ4v) is 19.8. The number of aryl methyl sites for hydroxylation is 4. The number of aliphatic hydroxyl groups is 7. The topological polar surface area (TPSA) is 391 Å². The lowest BCUT2D eigenvalue weighted by Gasteiger charge is -2.26. The number of aliphatic hydroxyl groups excluding tert-OH is 7. The summed E-state index contributed by atoms with van der Waals surface area (Å²) >= 11 is 0.